The van der Waals surface area contributed by atoms with Crippen molar-refractivity contribution in [2.24, 2.45) is 0 Å². The second-order valence-electron chi connectivity index (χ2n) is 7.11. The van der Waals surface area contributed by atoms with Crippen molar-refractivity contribution in [2.75, 3.05) is 19.6 Å². The summed E-state index contributed by atoms with van der Waals surface area (Å²) in [6, 6.07) is 17.8. The number of rotatable bonds is 8. The molecule has 0 radical (unpaired) electrons. The number of benzene rings is 2. The summed E-state index contributed by atoms with van der Waals surface area (Å²) >= 11 is 0. The van der Waals surface area contributed by atoms with Gasteiger partial charge in [0.25, 0.3) is 0 Å². The first-order chi connectivity index (χ1) is 13.1. The molecule has 1 atom stereocenters. The largest absolute Gasteiger partial charge is 0.481 e. The van der Waals surface area contributed by atoms with Gasteiger partial charge in [0.05, 0.1) is 13.0 Å². The molecule has 1 fully saturated rings. The Kier molecular flexibility index (Phi) is 6.60. The van der Waals surface area contributed by atoms with Crippen LogP contribution in [0.25, 0.3) is 11.1 Å². The fraction of sp³-hybridized carbons (Fsp3) is 0.364. The van der Waals surface area contributed by atoms with Gasteiger partial charge in [-0.3, -0.25) is 14.5 Å². The van der Waals surface area contributed by atoms with Gasteiger partial charge in [0.2, 0.25) is 5.91 Å². The van der Waals surface area contributed by atoms with Crippen LogP contribution in [0, 0.1) is 0 Å². The van der Waals surface area contributed by atoms with E-state index < -0.39 is 12.0 Å². The highest BCUT2D eigenvalue weighted by atomic mass is 16.4. The van der Waals surface area contributed by atoms with Gasteiger partial charge in [-0.05, 0) is 49.0 Å². The van der Waals surface area contributed by atoms with Crippen LogP contribution in [0.4, 0.5) is 0 Å². The van der Waals surface area contributed by atoms with Crippen molar-refractivity contribution in [3.8, 4) is 11.1 Å². The lowest BCUT2D eigenvalue weighted by Crippen LogP contribution is -2.43. The number of hydrogen-bond donors (Lipinski definition) is 2. The Bertz CT molecular complexity index is 753. The average molecular weight is 366 g/mol. The summed E-state index contributed by atoms with van der Waals surface area (Å²) in [7, 11) is 0. The predicted molar refractivity (Wildman–Crippen MR) is 105 cm³/mol. The molecule has 0 saturated carbocycles. The third kappa shape index (κ3) is 5.93. The van der Waals surface area contributed by atoms with Gasteiger partial charge in [-0.2, -0.15) is 0 Å². The molecule has 1 amide bonds. The zero-order valence-electron chi connectivity index (χ0n) is 15.4. The first kappa shape index (κ1) is 19.1. The van der Waals surface area contributed by atoms with E-state index in [9.17, 15) is 14.7 Å². The van der Waals surface area contributed by atoms with Crippen LogP contribution in [0.1, 0.15) is 24.8 Å². The van der Waals surface area contributed by atoms with E-state index in [2.05, 4.69) is 22.3 Å². The van der Waals surface area contributed by atoms with E-state index in [4.69, 9.17) is 0 Å². The number of hydrogen-bond acceptors (Lipinski definition) is 3. The molecule has 0 bridgehead atoms. The Morgan fingerprint density at radius 1 is 0.963 bits per heavy atom. The first-order valence-electron chi connectivity index (χ1n) is 9.48. The first-order valence-corrected chi connectivity index (χ1v) is 9.48. The van der Waals surface area contributed by atoms with Crippen molar-refractivity contribution < 1.29 is 14.7 Å². The molecule has 1 aliphatic rings. The summed E-state index contributed by atoms with van der Waals surface area (Å²) < 4.78 is 0. The van der Waals surface area contributed by atoms with E-state index in [1.807, 2.05) is 42.5 Å². The molecule has 1 saturated heterocycles. The Morgan fingerprint density at radius 3 is 2.22 bits per heavy atom. The maximum Gasteiger partial charge on any atom is 0.305 e. The minimum absolute atomic E-state index is 0.0772. The van der Waals surface area contributed by atoms with Crippen LogP contribution in [0.2, 0.25) is 0 Å². The lowest BCUT2D eigenvalue weighted by molar-refractivity contribution is -0.137. The van der Waals surface area contributed by atoms with Gasteiger partial charge in [-0.1, -0.05) is 54.6 Å². The van der Waals surface area contributed by atoms with Crippen LogP contribution in [0.3, 0.4) is 0 Å². The summed E-state index contributed by atoms with van der Waals surface area (Å²) in [6.45, 7) is 2.24. The van der Waals surface area contributed by atoms with Crippen LogP contribution < -0.4 is 5.32 Å². The smallest absolute Gasteiger partial charge is 0.305 e. The Labute approximate surface area is 160 Å². The topological polar surface area (TPSA) is 69.6 Å². The maximum atomic E-state index is 12.3. The van der Waals surface area contributed by atoms with Crippen molar-refractivity contribution in [1.82, 2.24) is 10.2 Å². The standard InChI is InChI=1S/C22H26N2O3/c25-21(16-24-12-4-5-13-24)23-20(15-22(26)27)14-17-8-10-19(11-9-17)18-6-2-1-3-7-18/h1-3,6-11,20H,4-5,12-16H2,(H,23,25)(H,26,27)/t20-/m1/s1. The number of carboxylic acid groups (broad SMARTS) is 1. The number of nitrogens with one attached hydrogen (secondary N) is 1. The second-order valence-corrected chi connectivity index (χ2v) is 7.11. The van der Waals surface area contributed by atoms with Gasteiger partial charge in [0.15, 0.2) is 0 Å². The van der Waals surface area contributed by atoms with E-state index in [0.29, 0.717) is 13.0 Å². The van der Waals surface area contributed by atoms with E-state index in [1.165, 1.54) is 0 Å². The molecule has 1 heterocycles. The molecule has 0 aliphatic carbocycles. The molecule has 1 aliphatic heterocycles. The van der Waals surface area contributed by atoms with Crippen LogP contribution in [0.15, 0.2) is 54.6 Å². The summed E-state index contributed by atoms with van der Waals surface area (Å²) in [5.41, 5.74) is 3.28. The number of aliphatic carboxylic acids is 1. The Morgan fingerprint density at radius 2 is 1.59 bits per heavy atom. The molecular weight excluding hydrogens is 340 g/mol. The predicted octanol–water partition coefficient (Wildman–Crippen LogP) is 2.95. The highest BCUT2D eigenvalue weighted by Gasteiger charge is 2.20. The zero-order valence-corrected chi connectivity index (χ0v) is 15.4. The number of carbonyl (C=O) groups excluding carboxylic acids is 1. The molecule has 0 aromatic heterocycles. The van der Waals surface area contributed by atoms with Crippen molar-refractivity contribution in [3.63, 3.8) is 0 Å². The van der Waals surface area contributed by atoms with Gasteiger partial charge in [0, 0.05) is 6.04 Å². The van der Waals surface area contributed by atoms with Crippen LogP contribution >= 0.6 is 0 Å². The molecule has 2 aromatic carbocycles. The van der Waals surface area contributed by atoms with Crippen molar-refractivity contribution in [3.05, 3.63) is 60.2 Å². The molecule has 5 heteroatoms. The lowest BCUT2D eigenvalue weighted by atomic mass is 9.99. The normalized spacial score (nSPS) is 15.4. The molecule has 5 nitrogen and oxygen atoms in total. The zero-order chi connectivity index (χ0) is 19.1. The fourth-order valence-electron chi connectivity index (χ4n) is 3.55. The van der Waals surface area contributed by atoms with Gasteiger partial charge < -0.3 is 10.4 Å². The molecule has 2 N–H and O–H groups in total. The second kappa shape index (κ2) is 9.33. The molecule has 3 rings (SSSR count). The number of carbonyl (C=O) groups is 2. The molecule has 0 unspecified atom stereocenters. The van der Waals surface area contributed by atoms with E-state index in [1.54, 1.807) is 0 Å². The number of likely N-dealkylation sites (tertiary alicyclic amines) is 1. The molecule has 142 valence electrons. The number of carboxylic acids is 1. The van der Waals surface area contributed by atoms with Crippen molar-refractivity contribution >= 4 is 11.9 Å². The van der Waals surface area contributed by atoms with Gasteiger partial charge in [-0.25, -0.2) is 0 Å². The Hall–Kier alpha value is -2.66. The number of nitrogens with zero attached hydrogens (tertiary/aromatic N) is 1. The van der Waals surface area contributed by atoms with Gasteiger partial charge >= 0.3 is 5.97 Å². The minimum Gasteiger partial charge on any atom is -0.481 e. The quantitative estimate of drug-likeness (QED) is 0.754. The maximum absolute atomic E-state index is 12.3. The van der Waals surface area contributed by atoms with Crippen molar-refractivity contribution in [1.29, 1.82) is 0 Å². The van der Waals surface area contributed by atoms with E-state index in [0.717, 1.165) is 42.6 Å². The molecular formula is C22H26N2O3. The lowest BCUT2D eigenvalue weighted by Gasteiger charge is -2.20. The Balaban J connectivity index is 1.61. The SMILES string of the molecule is O=C(O)C[C@@H](Cc1ccc(-c2ccccc2)cc1)NC(=O)CN1CCCC1. The summed E-state index contributed by atoms with van der Waals surface area (Å²) in [5.74, 6) is -0.994. The molecule has 27 heavy (non-hydrogen) atoms. The molecule has 2 aromatic rings. The third-order valence-corrected chi connectivity index (χ3v) is 4.90. The van der Waals surface area contributed by atoms with Gasteiger partial charge in [0.1, 0.15) is 0 Å². The van der Waals surface area contributed by atoms with E-state index in [-0.39, 0.29) is 12.3 Å². The summed E-state index contributed by atoms with van der Waals surface area (Å²) in [5, 5.41) is 12.1. The van der Waals surface area contributed by atoms with Crippen LogP contribution in [-0.2, 0) is 16.0 Å². The van der Waals surface area contributed by atoms with Crippen LogP contribution in [0.5, 0.6) is 0 Å². The number of amides is 1. The highest BCUT2D eigenvalue weighted by molar-refractivity contribution is 5.79. The monoisotopic (exact) mass is 366 g/mol. The fourth-order valence-corrected chi connectivity index (χ4v) is 3.55. The summed E-state index contributed by atoms with van der Waals surface area (Å²) in [6.07, 6.45) is 2.68. The van der Waals surface area contributed by atoms with Crippen LogP contribution in [-0.4, -0.2) is 47.6 Å². The van der Waals surface area contributed by atoms with Crippen molar-refractivity contribution in [2.45, 2.75) is 31.7 Å². The minimum atomic E-state index is -0.901. The summed E-state index contributed by atoms with van der Waals surface area (Å²) in [4.78, 5) is 25.6. The van der Waals surface area contributed by atoms with E-state index >= 15 is 0 Å². The van der Waals surface area contributed by atoms with Gasteiger partial charge in [-0.15, -0.1) is 0 Å². The average Bonchev–Trinajstić information content (AvgIpc) is 3.15. The third-order valence-electron chi connectivity index (χ3n) is 4.90. The molecule has 0 spiro atoms. The highest BCUT2D eigenvalue weighted by Crippen LogP contribution is 2.20.